The molecule has 0 N–H and O–H groups in total. The van der Waals surface area contributed by atoms with Gasteiger partial charge < -0.3 is 9.80 Å². The Morgan fingerprint density at radius 1 is 0.864 bits per heavy atom. The molecule has 2 heterocycles. The van der Waals surface area contributed by atoms with Crippen LogP contribution in [0.25, 0.3) is 0 Å². The largest absolute Gasteiger partial charge is 0.337 e. The third kappa shape index (κ3) is 3.06. The zero-order valence-corrected chi connectivity index (χ0v) is 14.1. The van der Waals surface area contributed by atoms with Gasteiger partial charge in [0.2, 0.25) is 5.91 Å². The van der Waals surface area contributed by atoms with Crippen molar-refractivity contribution in [3.8, 4) is 0 Å². The quantitative estimate of drug-likeness (QED) is 0.794. The Labute approximate surface area is 135 Å². The Hall–Kier alpha value is -0.570. The van der Waals surface area contributed by atoms with Crippen LogP contribution in [0.2, 0.25) is 0 Å². The van der Waals surface area contributed by atoms with E-state index in [0.29, 0.717) is 5.91 Å². The van der Waals surface area contributed by atoms with Crippen molar-refractivity contribution in [2.24, 2.45) is 11.8 Å². The molecule has 0 unspecified atom stereocenters. The topological polar surface area (TPSA) is 23.6 Å². The zero-order chi connectivity index (χ0) is 15.0. The van der Waals surface area contributed by atoms with Crippen molar-refractivity contribution >= 4 is 5.91 Å². The van der Waals surface area contributed by atoms with Crippen LogP contribution in [0, 0.1) is 11.8 Å². The lowest BCUT2D eigenvalue weighted by Crippen LogP contribution is -2.54. The van der Waals surface area contributed by atoms with Gasteiger partial charge in [-0.15, -0.1) is 0 Å². The maximum Gasteiger partial charge on any atom is 0.223 e. The van der Waals surface area contributed by atoms with E-state index >= 15 is 0 Å². The molecule has 2 aliphatic carbocycles. The van der Waals surface area contributed by atoms with Crippen LogP contribution in [-0.4, -0.2) is 47.4 Å². The zero-order valence-electron chi connectivity index (χ0n) is 14.1. The van der Waals surface area contributed by atoms with Crippen molar-refractivity contribution in [2.75, 3.05) is 26.2 Å². The molecule has 0 aromatic rings. The summed E-state index contributed by atoms with van der Waals surface area (Å²) in [6, 6.07) is 0. The van der Waals surface area contributed by atoms with Gasteiger partial charge in [-0.2, -0.15) is 0 Å². The number of piperidine rings is 1. The molecule has 4 fully saturated rings. The first-order valence-corrected chi connectivity index (χ1v) is 9.78. The average Bonchev–Trinajstić information content (AvgIpc) is 3.32. The van der Waals surface area contributed by atoms with Crippen LogP contribution in [0.3, 0.4) is 0 Å². The highest BCUT2D eigenvalue weighted by Gasteiger charge is 2.48. The molecule has 2 saturated carbocycles. The summed E-state index contributed by atoms with van der Waals surface area (Å²) in [5.74, 6) is 2.24. The fraction of sp³-hybridized carbons (Fsp3) is 0.947. The molecule has 4 aliphatic rings. The first kappa shape index (κ1) is 15.0. The van der Waals surface area contributed by atoms with E-state index in [1.54, 1.807) is 0 Å². The molecular formula is C19H32N2O. The molecule has 1 amide bonds. The molecule has 2 aliphatic heterocycles. The van der Waals surface area contributed by atoms with E-state index in [9.17, 15) is 4.79 Å². The molecular weight excluding hydrogens is 272 g/mol. The lowest BCUT2D eigenvalue weighted by Gasteiger charge is -2.46. The van der Waals surface area contributed by atoms with Gasteiger partial charge in [-0.3, -0.25) is 4.79 Å². The number of amides is 1. The van der Waals surface area contributed by atoms with Crippen molar-refractivity contribution in [1.82, 2.24) is 9.80 Å². The Morgan fingerprint density at radius 3 is 2.23 bits per heavy atom. The van der Waals surface area contributed by atoms with Gasteiger partial charge in [0, 0.05) is 38.1 Å². The number of carbonyl (C=O) groups excluding carboxylic acids is 1. The molecule has 0 aromatic heterocycles. The van der Waals surface area contributed by atoms with Gasteiger partial charge in [-0.25, -0.2) is 0 Å². The molecule has 0 bridgehead atoms. The number of likely N-dealkylation sites (tertiary alicyclic amines) is 2. The van der Waals surface area contributed by atoms with E-state index in [0.717, 1.165) is 31.2 Å². The predicted molar refractivity (Wildman–Crippen MR) is 88.7 cm³/mol. The third-order valence-corrected chi connectivity index (χ3v) is 6.84. The van der Waals surface area contributed by atoms with Crippen LogP contribution in [0.5, 0.6) is 0 Å². The lowest BCUT2D eigenvalue weighted by molar-refractivity contribution is -0.132. The Bertz CT molecular complexity index is 404. The number of rotatable bonds is 4. The van der Waals surface area contributed by atoms with Crippen LogP contribution < -0.4 is 0 Å². The Balaban J connectivity index is 1.32. The van der Waals surface area contributed by atoms with Gasteiger partial charge >= 0.3 is 0 Å². The molecule has 2 saturated heterocycles. The SMILES string of the molecule is O=C1CCC2(CCN(CC3CCCCC3)CC2)N1CC1CC1. The molecule has 1 spiro atoms. The maximum atomic E-state index is 12.3. The number of nitrogens with zero attached hydrogens (tertiary/aromatic N) is 2. The highest BCUT2D eigenvalue weighted by molar-refractivity contribution is 5.79. The monoisotopic (exact) mass is 304 g/mol. The van der Waals surface area contributed by atoms with Crippen molar-refractivity contribution in [3.05, 3.63) is 0 Å². The van der Waals surface area contributed by atoms with Gasteiger partial charge in [0.15, 0.2) is 0 Å². The van der Waals surface area contributed by atoms with E-state index in [2.05, 4.69) is 9.80 Å². The van der Waals surface area contributed by atoms with E-state index in [4.69, 9.17) is 0 Å². The molecule has 22 heavy (non-hydrogen) atoms. The predicted octanol–water partition coefficient (Wildman–Crippen LogP) is 3.43. The number of hydrogen-bond donors (Lipinski definition) is 0. The van der Waals surface area contributed by atoms with Crippen molar-refractivity contribution < 1.29 is 4.79 Å². The molecule has 0 radical (unpaired) electrons. The minimum Gasteiger partial charge on any atom is -0.337 e. The summed E-state index contributed by atoms with van der Waals surface area (Å²) >= 11 is 0. The Morgan fingerprint density at radius 2 is 1.55 bits per heavy atom. The first-order valence-electron chi connectivity index (χ1n) is 9.78. The maximum absolute atomic E-state index is 12.3. The smallest absolute Gasteiger partial charge is 0.223 e. The lowest BCUT2D eigenvalue weighted by atomic mass is 9.83. The van der Waals surface area contributed by atoms with Crippen LogP contribution in [0.1, 0.15) is 70.6 Å². The van der Waals surface area contributed by atoms with E-state index in [-0.39, 0.29) is 5.54 Å². The van der Waals surface area contributed by atoms with Gasteiger partial charge in [0.25, 0.3) is 0 Å². The van der Waals surface area contributed by atoms with Crippen LogP contribution in [0.4, 0.5) is 0 Å². The molecule has 124 valence electrons. The van der Waals surface area contributed by atoms with Crippen LogP contribution in [-0.2, 0) is 4.79 Å². The highest BCUT2D eigenvalue weighted by atomic mass is 16.2. The minimum absolute atomic E-state index is 0.253. The summed E-state index contributed by atoms with van der Waals surface area (Å²) in [6.07, 6.45) is 14.4. The van der Waals surface area contributed by atoms with Crippen molar-refractivity contribution in [2.45, 2.75) is 76.2 Å². The highest BCUT2D eigenvalue weighted by Crippen LogP contribution is 2.42. The third-order valence-electron chi connectivity index (χ3n) is 6.84. The van der Waals surface area contributed by atoms with Crippen LogP contribution in [0.15, 0.2) is 0 Å². The van der Waals surface area contributed by atoms with Gasteiger partial charge in [0.05, 0.1) is 0 Å². The molecule has 0 aromatic carbocycles. The molecule has 3 heteroatoms. The summed E-state index contributed by atoms with van der Waals surface area (Å²) in [6.45, 7) is 4.85. The average molecular weight is 304 g/mol. The molecule has 3 nitrogen and oxygen atoms in total. The summed E-state index contributed by atoms with van der Waals surface area (Å²) in [7, 11) is 0. The Kier molecular flexibility index (Phi) is 4.19. The van der Waals surface area contributed by atoms with Gasteiger partial charge in [0.1, 0.15) is 0 Å². The normalized spacial score (nSPS) is 30.4. The van der Waals surface area contributed by atoms with E-state index in [1.807, 2.05) is 0 Å². The second kappa shape index (κ2) is 6.14. The summed E-state index contributed by atoms with van der Waals surface area (Å²) in [5, 5.41) is 0. The minimum atomic E-state index is 0.253. The van der Waals surface area contributed by atoms with Gasteiger partial charge in [-0.1, -0.05) is 19.3 Å². The fourth-order valence-electron chi connectivity index (χ4n) is 5.13. The van der Waals surface area contributed by atoms with E-state index in [1.165, 1.54) is 77.4 Å². The summed E-state index contributed by atoms with van der Waals surface area (Å²) < 4.78 is 0. The second-order valence-corrected chi connectivity index (χ2v) is 8.48. The molecule has 0 atom stereocenters. The number of carbonyl (C=O) groups is 1. The van der Waals surface area contributed by atoms with E-state index < -0.39 is 0 Å². The standard InChI is InChI=1S/C19H32N2O/c22-18-8-9-19(21(18)15-17-6-7-17)10-12-20(13-11-19)14-16-4-2-1-3-5-16/h16-17H,1-15H2. The van der Waals surface area contributed by atoms with Crippen molar-refractivity contribution in [3.63, 3.8) is 0 Å². The second-order valence-electron chi connectivity index (χ2n) is 8.48. The fourth-order valence-corrected chi connectivity index (χ4v) is 5.13. The summed E-state index contributed by atoms with van der Waals surface area (Å²) in [4.78, 5) is 17.4. The molecule has 4 rings (SSSR count). The first-order chi connectivity index (χ1) is 10.8. The number of hydrogen-bond acceptors (Lipinski definition) is 2. The van der Waals surface area contributed by atoms with Crippen molar-refractivity contribution in [1.29, 1.82) is 0 Å². The summed E-state index contributed by atoms with van der Waals surface area (Å²) in [5.41, 5.74) is 0.253. The van der Waals surface area contributed by atoms with Crippen LogP contribution >= 0.6 is 0 Å². The van der Waals surface area contributed by atoms with Gasteiger partial charge in [-0.05, 0) is 56.8 Å².